The molecule has 1 aliphatic carbocycles. The van der Waals surface area contributed by atoms with Gasteiger partial charge in [0.15, 0.2) is 5.78 Å². The van der Waals surface area contributed by atoms with Crippen molar-refractivity contribution in [3.63, 3.8) is 0 Å². The van der Waals surface area contributed by atoms with E-state index in [-0.39, 0.29) is 23.5 Å². The first-order valence-corrected chi connectivity index (χ1v) is 8.98. The quantitative estimate of drug-likeness (QED) is 0.734. The maximum atomic E-state index is 13.2. The summed E-state index contributed by atoms with van der Waals surface area (Å²) in [7, 11) is 0. The summed E-state index contributed by atoms with van der Waals surface area (Å²) in [5, 5.41) is 17.9. The van der Waals surface area contributed by atoms with E-state index in [0.717, 1.165) is 22.4 Å². The van der Waals surface area contributed by atoms with Crippen LogP contribution in [0.25, 0.3) is 0 Å². The van der Waals surface area contributed by atoms with Crippen molar-refractivity contribution in [2.75, 3.05) is 5.32 Å². The normalized spacial score (nSPS) is 21.4. The summed E-state index contributed by atoms with van der Waals surface area (Å²) in [4.78, 5) is 17.5. The average Bonchev–Trinajstić information content (AvgIpc) is 3.15. The van der Waals surface area contributed by atoms with Crippen LogP contribution in [0.4, 0.5) is 5.95 Å². The Balaban J connectivity index is 1.61. The van der Waals surface area contributed by atoms with Gasteiger partial charge in [0.2, 0.25) is 5.95 Å². The molecule has 0 saturated heterocycles. The molecule has 0 spiro atoms. The summed E-state index contributed by atoms with van der Waals surface area (Å²) < 4.78 is 1.77. The molecule has 2 aromatic carbocycles. The third kappa shape index (κ3) is 2.52. The minimum atomic E-state index is -0.280. The number of carbonyl (C=O) groups is 1. The summed E-state index contributed by atoms with van der Waals surface area (Å²) in [5.74, 6) is 0.883. The van der Waals surface area contributed by atoms with Gasteiger partial charge in [0.1, 0.15) is 18.1 Å². The maximum Gasteiger partial charge on any atom is 0.226 e. The Labute approximate surface area is 156 Å². The SMILES string of the molecule is O=C1C[C@H](c2ccccc2O)CC2=C1[C@H](c1ccccc1)n1ncnc1N2. The number of hydrogen-bond acceptors (Lipinski definition) is 5. The number of ketones is 1. The molecule has 0 amide bonds. The van der Waals surface area contributed by atoms with E-state index >= 15 is 0 Å². The van der Waals surface area contributed by atoms with Gasteiger partial charge >= 0.3 is 0 Å². The number of nitrogens with one attached hydrogen (secondary N) is 1. The van der Waals surface area contributed by atoms with Crippen LogP contribution in [0.2, 0.25) is 0 Å². The van der Waals surface area contributed by atoms with E-state index < -0.39 is 0 Å². The summed E-state index contributed by atoms with van der Waals surface area (Å²) in [5.41, 5.74) is 3.43. The zero-order chi connectivity index (χ0) is 18.4. The number of carbonyl (C=O) groups excluding carboxylic acids is 1. The van der Waals surface area contributed by atoms with Gasteiger partial charge < -0.3 is 10.4 Å². The molecule has 134 valence electrons. The van der Waals surface area contributed by atoms with Crippen molar-refractivity contribution in [3.8, 4) is 5.75 Å². The van der Waals surface area contributed by atoms with Crippen molar-refractivity contribution in [1.29, 1.82) is 0 Å². The molecule has 6 heteroatoms. The van der Waals surface area contributed by atoms with Crippen LogP contribution in [-0.2, 0) is 4.79 Å². The first-order chi connectivity index (χ1) is 13.2. The second-order valence-corrected chi connectivity index (χ2v) is 6.95. The molecule has 1 aromatic heterocycles. The molecule has 3 aromatic rings. The number of aromatic nitrogens is 3. The minimum absolute atomic E-state index is 0.0594. The van der Waals surface area contributed by atoms with Crippen LogP contribution in [0.5, 0.6) is 5.75 Å². The van der Waals surface area contributed by atoms with Crippen molar-refractivity contribution < 1.29 is 9.90 Å². The van der Waals surface area contributed by atoms with Crippen LogP contribution >= 0.6 is 0 Å². The molecule has 0 fully saturated rings. The van der Waals surface area contributed by atoms with Gasteiger partial charge in [0.05, 0.1) is 0 Å². The Morgan fingerprint density at radius 3 is 2.63 bits per heavy atom. The first-order valence-electron chi connectivity index (χ1n) is 8.98. The molecule has 0 unspecified atom stereocenters. The predicted molar refractivity (Wildman–Crippen MR) is 100 cm³/mol. The lowest BCUT2D eigenvalue weighted by atomic mass is 9.77. The number of allylic oxidation sites excluding steroid dienone is 2. The number of phenolic OH excluding ortho intramolecular Hbond substituents is 1. The summed E-state index contributed by atoms with van der Waals surface area (Å²) in [6.45, 7) is 0. The third-order valence-electron chi connectivity index (χ3n) is 5.35. The highest BCUT2D eigenvalue weighted by Crippen LogP contribution is 2.44. The van der Waals surface area contributed by atoms with E-state index in [1.165, 1.54) is 6.33 Å². The lowest BCUT2D eigenvalue weighted by Gasteiger charge is -2.35. The van der Waals surface area contributed by atoms with E-state index in [2.05, 4.69) is 15.4 Å². The molecule has 2 aliphatic rings. The van der Waals surface area contributed by atoms with Crippen LogP contribution in [0.1, 0.15) is 35.9 Å². The number of Topliss-reactive ketones (excluding diaryl/α,β-unsaturated/α-hetero) is 1. The van der Waals surface area contributed by atoms with Crippen molar-refractivity contribution in [1.82, 2.24) is 14.8 Å². The Kier molecular flexibility index (Phi) is 3.57. The van der Waals surface area contributed by atoms with Gasteiger partial charge in [0, 0.05) is 23.6 Å². The highest BCUT2D eigenvalue weighted by atomic mass is 16.3. The number of rotatable bonds is 2. The standard InChI is InChI=1S/C21H18N4O2/c26-17-9-5-4-8-15(17)14-10-16-19(18(27)11-14)20(13-6-2-1-3-7-13)25-21(24-16)22-12-23-25/h1-9,12,14,20,26H,10-11H2,(H,22,23,24)/t14-,20+/m1/s1. The van der Waals surface area contributed by atoms with Gasteiger partial charge in [-0.25, -0.2) is 4.68 Å². The fraction of sp³-hybridized carbons (Fsp3) is 0.190. The van der Waals surface area contributed by atoms with E-state index in [9.17, 15) is 9.90 Å². The van der Waals surface area contributed by atoms with Gasteiger partial charge in [-0.15, -0.1) is 0 Å². The van der Waals surface area contributed by atoms with Gasteiger partial charge in [-0.05, 0) is 23.6 Å². The summed E-state index contributed by atoms with van der Waals surface area (Å²) in [6.07, 6.45) is 2.52. The molecule has 0 saturated carbocycles. The number of anilines is 1. The first kappa shape index (κ1) is 15.8. The molecule has 0 bridgehead atoms. The zero-order valence-corrected chi connectivity index (χ0v) is 14.5. The van der Waals surface area contributed by atoms with E-state index in [1.54, 1.807) is 16.8 Å². The van der Waals surface area contributed by atoms with E-state index in [0.29, 0.717) is 18.8 Å². The van der Waals surface area contributed by atoms with Crippen LogP contribution in [0.15, 0.2) is 72.2 Å². The van der Waals surface area contributed by atoms with E-state index in [1.807, 2.05) is 42.5 Å². The second-order valence-electron chi connectivity index (χ2n) is 6.95. The van der Waals surface area contributed by atoms with Crippen LogP contribution in [0, 0.1) is 0 Å². The largest absolute Gasteiger partial charge is 0.508 e. The van der Waals surface area contributed by atoms with Crippen LogP contribution in [0.3, 0.4) is 0 Å². The number of para-hydroxylation sites is 1. The molecule has 0 radical (unpaired) electrons. The topological polar surface area (TPSA) is 80.0 Å². The molecule has 2 atom stereocenters. The minimum Gasteiger partial charge on any atom is -0.508 e. The monoisotopic (exact) mass is 358 g/mol. The molecule has 6 nitrogen and oxygen atoms in total. The fourth-order valence-electron chi connectivity index (χ4n) is 4.15. The Morgan fingerprint density at radius 2 is 1.81 bits per heavy atom. The number of phenols is 1. The highest BCUT2D eigenvalue weighted by molar-refractivity contribution is 6.00. The number of hydrogen-bond donors (Lipinski definition) is 2. The number of fused-ring (bicyclic) bond motifs is 1. The van der Waals surface area contributed by atoms with Gasteiger partial charge in [-0.2, -0.15) is 10.1 Å². The third-order valence-corrected chi connectivity index (χ3v) is 5.35. The van der Waals surface area contributed by atoms with Crippen molar-refractivity contribution in [2.45, 2.75) is 24.8 Å². The predicted octanol–water partition coefficient (Wildman–Crippen LogP) is 3.40. The van der Waals surface area contributed by atoms with Crippen molar-refractivity contribution in [3.05, 3.63) is 83.3 Å². The Hall–Kier alpha value is -3.41. The zero-order valence-electron chi connectivity index (χ0n) is 14.5. The second kappa shape index (κ2) is 6.09. The average molecular weight is 358 g/mol. The van der Waals surface area contributed by atoms with Crippen LogP contribution in [-0.4, -0.2) is 25.7 Å². The number of benzene rings is 2. The highest BCUT2D eigenvalue weighted by Gasteiger charge is 2.39. The molecule has 2 heterocycles. The van der Waals surface area contributed by atoms with Crippen molar-refractivity contribution in [2.24, 2.45) is 0 Å². The molecule has 1 aliphatic heterocycles. The lowest BCUT2D eigenvalue weighted by molar-refractivity contribution is -0.116. The smallest absolute Gasteiger partial charge is 0.226 e. The Morgan fingerprint density at radius 1 is 1.04 bits per heavy atom. The van der Waals surface area contributed by atoms with Gasteiger partial charge in [0.25, 0.3) is 0 Å². The lowest BCUT2D eigenvalue weighted by Crippen LogP contribution is -2.33. The molecule has 5 rings (SSSR count). The Bertz CT molecular complexity index is 1050. The van der Waals surface area contributed by atoms with Crippen molar-refractivity contribution >= 4 is 11.7 Å². The summed E-state index contributed by atoms with van der Waals surface area (Å²) >= 11 is 0. The van der Waals surface area contributed by atoms with Crippen LogP contribution < -0.4 is 5.32 Å². The van der Waals surface area contributed by atoms with Gasteiger partial charge in [-0.3, -0.25) is 4.79 Å². The molecular formula is C21H18N4O2. The molecule has 2 N–H and O–H groups in total. The van der Waals surface area contributed by atoms with Gasteiger partial charge in [-0.1, -0.05) is 48.5 Å². The molecule has 27 heavy (non-hydrogen) atoms. The maximum absolute atomic E-state index is 13.2. The van der Waals surface area contributed by atoms with E-state index in [4.69, 9.17) is 0 Å². The molecular weight excluding hydrogens is 340 g/mol. The fourth-order valence-corrected chi connectivity index (χ4v) is 4.15. The number of nitrogens with zero attached hydrogens (tertiary/aromatic N) is 3. The summed E-state index contributed by atoms with van der Waals surface area (Å²) in [6, 6.07) is 16.9. The number of aromatic hydroxyl groups is 1.